The molecular formula is C13H18BrNO3. The first-order chi connectivity index (χ1) is 8.54. The highest BCUT2D eigenvalue weighted by Crippen LogP contribution is 2.28. The molecular weight excluding hydrogens is 298 g/mol. The van der Waals surface area contributed by atoms with E-state index in [-0.39, 0.29) is 5.91 Å². The molecule has 0 heterocycles. The minimum atomic E-state index is -0.577. The highest BCUT2D eigenvalue weighted by atomic mass is 79.9. The van der Waals surface area contributed by atoms with E-state index in [9.17, 15) is 9.90 Å². The van der Waals surface area contributed by atoms with Crippen molar-refractivity contribution in [3.63, 3.8) is 0 Å². The summed E-state index contributed by atoms with van der Waals surface area (Å²) in [5.74, 6) is 0.653. The van der Waals surface area contributed by atoms with Crippen LogP contribution in [0.1, 0.15) is 31.4 Å². The molecule has 1 aromatic carbocycles. The second-order valence-corrected chi connectivity index (χ2v) is 4.90. The van der Waals surface area contributed by atoms with Gasteiger partial charge in [0.1, 0.15) is 5.75 Å². The summed E-state index contributed by atoms with van der Waals surface area (Å²) in [6, 6.07) is 5.50. The molecule has 0 radical (unpaired) electrons. The van der Waals surface area contributed by atoms with Gasteiger partial charge < -0.3 is 15.2 Å². The van der Waals surface area contributed by atoms with Crippen molar-refractivity contribution < 1.29 is 14.6 Å². The molecule has 0 aliphatic heterocycles. The Kier molecular flexibility index (Phi) is 6.15. The van der Waals surface area contributed by atoms with Crippen LogP contribution in [0.5, 0.6) is 5.75 Å². The zero-order valence-corrected chi connectivity index (χ0v) is 12.2. The van der Waals surface area contributed by atoms with E-state index >= 15 is 0 Å². The van der Waals surface area contributed by atoms with Gasteiger partial charge in [0.05, 0.1) is 12.7 Å². The number of benzene rings is 1. The Morgan fingerprint density at radius 3 is 2.89 bits per heavy atom. The minimum absolute atomic E-state index is 0.00333. The van der Waals surface area contributed by atoms with Crippen LogP contribution in [0.3, 0.4) is 0 Å². The molecule has 0 fully saturated rings. The molecule has 0 aliphatic carbocycles. The van der Waals surface area contributed by atoms with Gasteiger partial charge in [-0.1, -0.05) is 22.0 Å². The standard InChI is InChI=1S/C13H18BrNO3/c1-9(16)11-6-5-10(14)8-12(11)18-7-3-4-13(17)15-2/h5-6,8-9,16H,3-4,7H2,1-2H3,(H,15,17)/t9-/m1/s1. The first-order valence-corrected chi connectivity index (χ1v) is 6.64. The highest BCUT2D eigenvalue weighted by molar-refractivity contribution is 9.10. The normalized spacial score (nSPS) is 12.0. The Balaban J connectivity index is 2.55. The molecule has 0 saturated heterocycles. The lowest BCUT2D eigenvalue weighted by atomic mass is 10.1. The van der Waals surface area contributed by atoms with Crippen LogP contribution < -0.4 is 10.1 Å². The minimum Gasteiger partial charge on any atom is -0.493 e. The van der Waals surface area contributed by atoms with E-state index in [0.29, 0.717) is 25.2 Å². The molecule has 1 atom stereocenters. The predicted molar refractivity (Wildman–Crippen MR) is 73.6 cm³/mol. The number of nitrogens with one attached hydrogen (secondary N) is 1. The topological polar surface area (TPSA) is 58.6 Å². The summed E-state index contributed by atoms with van der Waals surface area (Å²) in [5.41, 5.74) is 0.748. The van der Waals surface area contributed by atoms with E-state index in [4.69, 9.17) is 4.74 Å². The van der Waals surface area contributed by atoms with Crippen LogP contribution in [0.2, 0.25) is 0 Å². The molecule has 0 unspecified atom stereocenters. The number of amides is 1. The van der Waals surface area contributed by atoms with E-state index in [2.05, 4.69) is 21.2 Å². The molecule has 18 heavy (non-hydrogen) atoms. The average molecular weight is 316 g/mol. The molecule has 0 saturated carbocycles. The van der Waals surface area contributed by atoms with Crippen molar-refractivity contribution in [2.75, 3.05) is 13.7 Å². The van der Waals surface area contributed by atoms with Crippen LogP contribution >= 0.6 is 15.9 Å². The molecule has 4 nitrogen and oxygen atoms in total. The van der Waals surface area contributed by atoms with Crippen molar-refractivity contribution in [3.05, 3.63) is 28.2 Å². The van der Waals surface area contributed by atoms with Crippen molar-refractivity contribution >= 4 is 21.8 Å². The molecule has 0 spiro atoms. The summed E-state index contributed by atoms with van der Waals surface area (Å²) < 4.78 is 6.50. The summed E-state index contributed by atoms with van der Waals surface area (Å²) in [4.78, 5) is 11.0. The van der Waals surface area contributed by atoms with Crippen molar-refractivity contribution in [2.24, 2.45) is 0 Å². The van der Waals surface area contributed by atoms with Crippen LogP contribution in [-0.2, 0) is 4.79 Å². The van der Waals surface area contributed by atoms with Gasteiger partial charge in [-0.3, -0.25) is 4.79 Å². The van der Waals surface area contributed by atoms with Gasteiger partial charge in [-0.25, -0.2) is 0 Å². The third-order valence-corrected chi connectivity index (χ3v) is 3.00. The molecule has 100 valence electrons. The second-order valence-electron chi connectivity index (χ2n) is 3.98. The highest BCUT2D eigenvalue weighted by Gasteiger charge is 2.09. The van der Waals surface area contributed by atoms with Gasteiger partial charge in [-0.05, 0) is 25.5 Å². The number of rotatable bonds is 6. The van der Waals surface area contributed by atoms with Gasteiger partial charge in [-0.2, -0.15) is 0 Å². The Morgan fingerprint density at radius 2 is 2.28 bits per heavy atom. The number of ether oxygens (including phenoxy) is 1. The van der Waals surface area contributed by atoms with Crippen LogP contribution in [0, 0.1) is 0 Å². The van der Waals surface area contributed by atoms with Crippen molar-refractivity contribution in [2.45, 2.75) is 25.9 Å². The zero-order chi connectivity index (χ0) is 13.5. The molecule has 1 aromatic rings. The Labute approximate surface area is 115 Å². The lowest BCUT2D eigenvalue weighted by Crippen LogP contribution is -2.18. The lowest BCUT2D eigenvalue weighted by molar-refractivity contribution is -0.120. The van der Waals surface area contributed by atoms with Crippen molar-refractivity contribution in [1.29, 1.82) is 0 Å². The largest absolute Gasteiger partial charge is 0.493 e. The van der Waals surface area contributed by atoms with E-state index in [0.717, 1.165) is 10.0 Å². The van der Waals surface area contributed by atoms with Gasteiger partial charge in [0.15, 0.2) is 0 Å². The Bertz CT molecular complexity index is 407. The van der Waals surface area contributed by atoms with E-state index in [1.54, 1.807) is 14.0 Å². The van der Waals surface area contributed by atoms with Gasteiger partial charge in [-0.15, -0.1) is 0 Å². The smallest absolute Gasteiger partial charge is 0.219 e. The summed E-state index contributed by atoms with van der Waals surface area (Å²) in [5, 5.41) is 12.2. The lowest BCUT2D eigenvalue weighted by Gasteiger charge is -2.13. The second kappa shape index (κ2) is 7.38. The zero-order valence-electron chi connectivity index (χ0n) is 10.6. The fraction of sp³-hybridized carbons (Fsp3) is 0.462. The van der Waals surface area contributed by atoms with Crippen LogP contribution in [-0.4, -0.2) is 24.7 Å². The molecule has 0 aliphatic rings. The Hall–Kier alpha value is -1.07. The summed E-state index contributed by atoms with van der Waals surface area (Å²) in [6.07, 6.45) is 0.506. The third-order valence-electron chi connectivity index (χ3n) is 2.51. The predicted octanol–water partition coefficient (Wildman–Crippen LogP) is 2.41. The fourth-order valence-corrected chi connectivity index (χ4v) is 1.86. The first kappa shape index (κ1) is 15.0. The van der Waals surface area contributed by atoms with E-state index in [1.807, 2.05) is 18.2 Å². The number of carbonyl (C=O) groups is 1. The monoisotopic (exact) mass is 315 g/mol. The van der Waals surface area contributed by atoms with Gasteiger partial charge in [0.25, 0.3) is 0 Å². The maximum absolute atomic E-state index is 11.0. The number of halogens is 1. The molecule has 0 aromatic heterocycles. The number of carbonyl (C=O) groups excluding carboxylic acids is 1. The molecule has 0 bridgehead atoms. The SMILES string of the molecule is CNC(=O)CCCOc1cc(Br)ccc1[C@@H](C)O. The summed E-state index contributed by atoms with van der Waals surface area (Å²) in [6.45, 7) is 2.14. The first-order valence-electron chi connectivity index (χ1n) is 5.85. The molecule has 2 N–H and O–H groups in total. The van der Waals surface area contributed by atoms with E-state index in [1.165, 1.54) is 0 Å². The quantitative estimate of drug-likeness (QED) is 0.793. The van der Waals surface area contributed by atoms with Gasteiger partial charge >= 0.3 is 0 Å². The van der Waals surface area contributed by atoms with Crippen LogP contribution in [0.25, 0.3) is 0 Å². The molecule has 1 amide bonds. The van der Waals surface area contributed by atoms with Gasteiger partial charge in [0.2, 0.25) is 5.91 Å². The molecule has 5 heteroatoms. The average Bonchev–Trinajstić information content (AvgIpc) is 2.34. The van der Waals surface area contributed by atoms with Crippen LogP contribution in [0.4, 0.5) is 0 Å². The fourth-order valence-electron chi connectivity index (χ4n) is 1.52. The third kappa shape index (κ3) is 4.66. The Morgan fingerprint density at radius 1 is 1.56 bits per heavy atom. The maximum atomic E-state index is 11.0. The molecule has 1 rings (SSSR count). The summed E-state index contributed by atoms with van der Waals surface area (Å²) >= 11 is 3.36. The number of hydrogen-bond acceptors (Lipinski definition) is 3. The van der Waals surface area contributed by atoms with E-state index < -0.39 is 6.10 Å². The van der Waals surface area contributed by atoms with Gasteiger partial charge in [0, 0.05) is 23.5 Å². The number of aliphatic hydroxyl groups is 1. The number of aliphatic hydroxyl groups excluding tert-OH is 1. The summed E-state index contributed by atoms with van der Waals surface area (Å²) in [7, 11) is 1.61. The van der Waals surface area contributed by atoms with Crippen molar-refractivity contribution in [3.8, 4) is 5.75 Å². The van der Waals surface area contributed by atoms with Crippen LogP contribution in [0.15, 0.2) is 22.7 Å². The number of hydrogen-bond donors (Lipinski definition) is 2. The maximum Gasteiger partial charge on any atom is 0.219 e. The van der Waals surface area contributed by atoms with Crippen molar-refractivity contribution in [1.82, 2.24) is 5.32 Å².